The Morgan fingerprint density at radius 2 is 1.88 bits per heavy atom. The average Bonchev–Trinajstić information content (AvgIpc) is 3.13. The molecule has 3 rings (SSSR count). The van der Waals surface area contributed by atoms with Crippen molar-refractivity contribution < 1.29 is 9.47 Å². The number of aromatic nitrogens is 3. The van der Waals surface area contributed by atoms with Gasteiger partial charge < -0.3 is 24.7 Å². The second kappa shape index (κ2) is 12.5. The Hall–Kier alpha value is -1.88. The van der Waals surface area contributed by atoms with Crippen molar-refractivity contribution in [3.8, 4) is 5.75 Å². The average molecular weight is 571 g/mol. The zero-order chi connectivity index (χ0) is 23.1. The van der Waals surface area contributed by atoms with E-state index in [9.17, 15) is 0 Å². The lowest BCUT2D eigenvalue weighted by Gasteiger charge is -2.55. The van der Waals surface area contributed by atoms with Gasteiger partial charge >= 0.3 is 0 Å². The van der Waals surface area contributed by atoms with Crippen molar-refractivity contribution in [2.24, 2.45) is 17.5 Å². The summed E-state index contributed by atoms with van der Waals surface area (Å²) in [6.07, 6.45) is 3.42. The summed E-state index contributed by atoms with van der Waals surface area (Å²) in [5.41, 5.74) is 1.25. The summed E-state index contributed by atoms with van der Waals surface area (Å²) in [6.45, 7) is 10.4. The maximum absolute atomic E-state index is 6.05. The van der Waals surface area contributed by atoms with E-state index in [0.717, 1.165) is 54.8 Å². The molecule has 1 aliphatic carbocycles. The molecule has 0 amide bonds. The van der Waals surface area contributed by atoms with Gasteiger partial charge in [-0.15, -0.1) is 34.2 Å². The predicted octanol–water partition coefficient (Wildman–Crippen LogP) is 3.97. The third-order valence-electron chi connectivity index (χ3n) is 6.96. The fourth-order valence-corrected chi connectivity index (χ4v) is 4.57. The number of rotatable bonds is 10. The van der Waals surface area contributed by atoms with Gasteiger partial charge in [0.05, 0.1) is 26.3 Å². The molecule has 2 atom stereocenters. The van der Waals surface area contributed by atoms with Crippen LogP contribution in [-0.4, -0.2) is 46.6 Å². The molecule has 0 spiro atoms. The van der Waals surface area contributed by atoms with Gasteiger partial charge in [0.25, 0.3) is 0 Å². The van der Waals surface area contributed by atoms with Crippen molar-refractivity contribution >= 4 is 29.9 Å². The Morgan fingerprint density at radius 3 is 2.42 bits per heavy atom. The van der Waals surface area contributed by atoms with Crippen LogP contribution in [-0.2, 0) is 24.9 Å². The molecule has 1 fully saturated rings. The fraction of sp³-hybridized carbons (Fsp3) is 0.625. The van der Waals surface area contributed by atoms with E-state index < -0.39 is 0 Å². The van der Waals surface area contributed by atoms with Gasteiger partial charge in [0.15, 0.2) is 11.8 Å². The Labute approximate surface area is 215 Å². The third kappa shape index (κ3) is 6.17. The van der Waals surface area contributed by atoms with Crippen molar-refractivity contribution in [1.29, 1.82) is 0 Å². The third-order valence-corrected chi connectivity index (χ3v) is 6.96. The van der Waals surface area contributed by atoms with Gasteiger partial charge in [0, 0.05) is 25.1 Å². The number of guanidine groups is 1. The van der Waals surface area contributed by atoms with Crippen molar-refractivity contribution in [3.63, 3.8) is 0 Å². The second-order valence-corrected chi connectivity index (χ2v) is 8.41. The Balaban J connectivity index is 0.00000385. The predicted molar refractivity (Wildman–Crippen MR) is 142 cm³/mol. The van der Waals surface area contributed by atoms with Crippen LogP contribution in [0, 0.1) is 12.3 Å². The van der Waals surface area contributed by atoms with Crippen LogP contribution in [0.2, 0.25) is 0 Å². The highest BCUT2D eigenvalue weighted by atomic mass is 127. The van der Waals surface area contributed by atoms with E-state index in [1.165, 1.54) is 0 Å². The van der Waals surface area contributed by atoms with Crippen molar-refractivity contribution in [3.05, 3.63) is 41.5 Å². The molecule has 8 nitrogen and oxygen atoms in total. The number of aryl methyl sites for hydroxylation is 1. The number of benzene rings is 1. The lowest BCUT2D eigenvalue weighted by Crippen LogP contribution is -2.65. The molecule has 0 radical (unpaired) electrons. The van der Waals surface area contributed by atoms with Gasteiger partial charge in [-0.2, -0.15) is 0 Å². The standard InChI is InChI=1S/C24H38N6O2.HI/c1-7-24(8-2)20(14-21(24)32-9-3)27-23(26-16-22-29-28-17(4)30(22)5)25-15-18-10-12-19(31-6)13-11-18;/h10-13,20-21H,7-9,14-16H2,1-6H3,(H2,25,26,27);1H. The van der Waals surface area contributed by atoms with Gasteiger partial charge in [0.1, 0.15) is 11.6 Å². The van der Waals surface area contributed by atoms with Gasteiger partial charge in [-0.1, -0.05) is 26.0 Å². The van der Waals surface area contributed by atoms with Gasteiger partial charge in [-0.25, -0.2) is 4.99 Å². The quantitative estimate of drug-likeness (QED) is 0.256. The molecule has 0 saturated heterocycles. The molecule has 2 aromatic rings. The molecule has 33 heavy (non-hydrogen) atoms. The minimum atomic E-state index is 0. The molecule has 1 aliphatic rings. The van der Waals surface area contributed by atoms with E-state index in [1.54, 1.807) is 7.11 Å². The molecule has 1 heterocycles. The van der Waals surface area contributed by atoms with Gasteiger partial charge in [-0.3, -0.25) is 0 Å². The SMILES string of the molecule is CCOC1CC(NC(=NCc2ccc(OC)cc2)NCc2nnc(C)n2C)C1(CC)CC.I. The molecular formula is C24H39IN6O2. The van der Waals surface area contributed by atoms with E-state index in [0.29, 0.717) is 25.2 Å². The first kappa shape index (κ1) is 27.4. The molecule has 2 unspecified atom stereocenters. The van der Waals surface area contributed by atoms with Crippen LogP contribution < -0.4 is 15.4 Å². The molecule has 9 heteroatoms. The number of ether oxygens (including phenoxy) is 2. The monoisotopic (exact) mass is 570 g/mol. The summed E-state index contributed by atoms with van der Waals surface area (Å²) in [6, 6.07) is 8.33. The fourth-order valence-electron chi connectivity index (χ4n) is 4.57. The van der Waals surface area contributed by atoms with E-state index in [4.69, 9.17) is 14.5 Å². The highest BCUT2D eigenvalue weighted by Crippen LogP contribution is 2.48. The van der Waals surface area contributed by atoms with E-state index in [2.05, 4.69) is 41.6 Å². The van der Waals surface area contributed by atoms with E-state index >= 15 is 0 Å². The van der Waals surface area contributed by atoms with Crippen molar-refractivity contribution in [2.75, 3.05) is 13.7 Å². The first-order valence-corrected chi connectivity index (χ1v) is 11.6. The lowest BCUT2D eigenvalue weighted by molar-refractivity contribution is -0.133. The highest BCUT2D eigenvalue weighted by Gasteiger charge is 2.53. The van der Waals surface area contributed by atoms with Crippen LogP contribution in [0.25, 0.3) is 0 Å². The minimum absolute atomic E-state index is 0. The maximum Gasteiger partial charge on any atom is 0.192 e. The smallest absolute Gasteiger partial charge is 0.192 e. The first-order chi connectivity index (χ1) is 15.5. The number of nitrogens with one attached hydrogen (secondary N) is 2. The molecule has 2 N–H and O–H groups in total. The maximum atomic E-state index is 6.05. The molecule has 1 aromatic carbocycles. The summed E-state index contributed by atoms with van der Waals surface area (Å²) >= 11 is 0. The number of methoxy groups -OCH3 is 1. The van der Waals surface area contributed by atoms with Crippen LogP contribution in [0.1, 0.15) is 57.2 Å². The number of nitrogens with zero attached hydrogens (tertiary/aromatic N) is 4. The van der Waals surface area contributed by atoms with E-state index in [-0.39, 0.29) is 29.4 Å². The van der Waals surface area contributed by atoms with Crippen molar-refractivity contribution in [1.82, 2.24) is 25.4 Å². The number of hydrogen-bond acceptors (Lipinski definition) is 5. The Morgan fingerprint density at radius 1 is 1.18 bits per heavy atom. The minimum Gasteiger partial charge on any atom is -0.497 e. The number of halogens is 1. The number of hydrogen-bond donors (Lipinski definition) is 2. The highest BCUT2D eigenvalue weighted by molar-refractivity contribution is 14.0. The van der Waals surface area contributed by atoms with Crippen LogP contribution >= 0.6 is 24.0 Å². The lowest BCUT2D eigenvalue weighted by atomic mass is 9.58. The molecule has 1 saturated carbocycles. The normalized spacial score (nSPS) is 19.4. The summed E-state index contributed by atoms with van der Waals surface area (Å²) in [7, 11) is 3.65. The number of aliphatic imine (C=N–C) groups is 1. The second-order valence-electron chi connectivity index (χ2n) is 8.41. The summed E-state index contributed by atoms with van der Waals surface area (Å²) in [4.78, 5) is 4.88. The molecule has 1 aromatic heterocycles. The molecule has 184 valence electrons. The zero-order valence-electron chi connectivity index (χ0n) is 20.7. The summed E-state index contributed by atoms with van der Waals surface area (Å²) < 4.78 is 13.3. The van der Waals surface area contributed by atoms with Crippen LogP contribution in [0.15, 0.2) is 29.3 Å². The van der Waals surface area contributed by atoms with Gasteiger partial charge in [0.2, 0.25) is 0 Å². The van der Waals surface area contributed by atoms with Crippen LogP contribution in [0.3, 0.4) is 0 Å². The molecular weight excluding hydrogens is 531 g/mol. The summed E-state index contributed by atoms with van der Waals surface area (Å²) in [5, 5.41) is 15.6. The Bertz CT molecular complexity index is 895. The van der Waals surface area contributed by atoms with Crippen molar-refractivity contribution in [2.45, 2.75) is 72.2 Å². The van der Waals surface area contributed by atoms with Gasteiger partial charge in [-0.05, 0) is 50.8 Å². The molecule has 0 aliphatic heterocycles. The van der Waals surface area contributed by atoms with Crippen LogP contribution in [0.4, 0.5) is 0 Å². The Kier molecular flexibility index (Phi) is 10.4. The van der Waals surface area contributed by atoms with E-state index in [1.807, 2.05) is 42.8 Å². The summed E-state index contributed by atoms with van der Waals surface area (Å²) in [5.74, 6) is 3.40. The largest absolute Gasteiger partial charge is 0.497 e. The molecule has 0 bridgehead atoms. The zero-order valence-corrected chi connectivity index (χ0v) is 23.1. The first-order valence-electron chi connectivity index (χ1n) is 11.6. The van der Waals surface area contributed by atoms with Crippen LogP contribution in [0.5, 0.6) is 5.75 Å². The topological polar surface area (TPSA) is 85.6 Å².